The number of rotatable bonds is 3. The minimum Gasteiger partial charge on any atom is -0.340 e. The molecular weight excluding hydrogens is 245 g/mol. The zero-order chi connectivity index (χ0) is 11.4. The third-order valence-corrected chi connectivity index (χ3v) is 2.41. The van der Waals surface area contributed by atoms with E-state index in [0.29, 0.717) is 11.5 Å². The fraction of sp³-hybridized carbons (Fsp3) is 0.0909. The summed E-state index contributed by atoms with van der Waals surface area (Å²) in [5.41, 5.74) is 1.53. The van der Waals surface area contributed by atoms with Crippen LogP contribution in [0.3, 0.4) is 0 Å². The molecule has 1 N–H and O–H groups in total. The molecule has 0 amide bonds. The number of aromatic nitrogens is 2. The normalized spacial score (nSPS) is 10.4. The van der Waals surface area contributed by atoms with Crippen molar-refractivity contribution in [2.24, 2.45) is 0 Å². The molecule has 0 saturated carbocycles. The Bertz CT molecular complexity index is 460. The summed E-state index contributed by atoms with van der Waals surface area (Å²) in [5, 5.41) is 3.13. The van der Waals surface area contributed by atoms with Crippen LogP contribution in [0.5, 0.6) is 0 Å². The molecule has 0 fully saturated rings. The van der Waals surface area contributed by atoms with E-state index in [9.17, 15) is 0 Å². The summed E-state index contributed by atoms with van der Waals surface area (Å²) in [5.74, 6) is 0.669. The molecule has 3 nitrogen and oxygen atoms in total. The van der Waals surface area contributed by atoms with Crippen molar-refractivity contribution in [1.82, 2.24) is 9.97 Å². The Morgan fingerprint density at radius 2 is 1.81 bits per heavy atom. The van der Waals surface area contributed by atoms with Crippen LogP contribution in [-0.2, 0) is 0 Å². The van der Waals surface area contributed by atoms with Gasteiger partial charge in [0.25, 0.3) is 0 Å². The van der Waals surface area contributed by atoms with Gasteiger partial charge in [0.05, 0.1) is 5.69 Å². The molecule has 2 aromatic rings. The van der Waals surface area contributed by atoms with Crippen molar-refractivity contribution in [3.8, 4) is 0 Å². The minimum atomic E-state index is -0.640. The SMILES string of the molecule is ClC(Cl)c1cc(Nc2ccccc2)ncn1. The number of alkyl halides is 2. The zero-order valence-corrected chi connectivity index (χ0v) is 9.78. The quantitative estimate of drug-likeness (QED) is 0.848. The Morgan fingerprint density at radius 1 is 1.06 bits per heavy atom. The summed E-state index contributed by atoms with van der Waals surface area (Å²) < 4.78 is 0. The van der Waals surface area contributed by atoms with Crippen molar-refractivity contribution < 1.29 is 0 Å². The van der Waals surface area contributed by atoms with Crippen LogP contribution in [0.4, 0.5) is 11.5 Å². The van der Waals surface area contributed by atoms with E-state index >= 15 is 0 Å². The van der Waals surface area contributed by atoms with Gasteiger partial charge in [0.15, 0.2) is 0 Å². The molecule has 0 saturated heterocycles. The number of hydrogen-bond acceptors (Lipinski definition) is 3. The fourth-order valence-electron chi connectivity index (χ4n) is 1.23. The highest BCUT2D eigenvalue weighted by molar-refractivity contribution is 6.43. The van der Waals surface area contributed by atoms with Gasteiger partial charge in [0.1, 0.15) is 17.0 Å². The van der Waals surface area contributed by atoms with Gasteiger partial charge in [-0.05, 0) is 12.1 Å². The van der Waals surface area contributed by atoms with E-state index < -0.39 is 4.84 Å². The predicted octanol–water partition coefficient (Wildman–Crippen LogP) is 3.70. The highest BCUT2D eigenvalue weighted by Crippen LogP contribution is 2.24. The van der Waals surface area contributed by atoms with Crippen molar-refractivity contribution in [2.45, 2.75) is 4.84 Å². The van der Waals surface area contributed by atoms with E-state index in [1.807, 2.05) is 30.3 Å². The second-order valence-corrected chi connectivity index (χ2v) is 4.22. The summed E-state index contributed by atoms with van der Waals surface area (Å²) in [6.07, 6.45) is 1.43. The zero-order valence-electron chi connectivity index (χ0n) is 8.27. The molecule has 0 spiro atoms. The monoisotopic (exact) mass is 253 g/mol. The molecule has 0 unspecified atom stereocenters. The van der Waals surface area contributed by atoms with Crippen molar-refractivity contribution in [3.05, 3.63) is 48.4 Å². The topological polar surface area (TPSA) is 37.8 Å². The van der Waals surface area contributed by atoms with Gasteiger partial charge in [-0.1, -0.05) is 41.4 Å². The first-order valence-corrected chi connectivity index (χ1v) is 5.55. The van der Waals surface area contributed by atoms with Crippen LogP contribution in [0, 0.1) is 0 Å². The molecule has 1 heterocycles. The second-order valence-electron chi connectivity index (χ2n) is 3.12. The Kier molecular flexibility index (Phi) is 3.59. The number of hydrogen-bond donors (Lipinski definition) is 1. The molecular formula is C11H9Cl2N3. The van der Waals surface area contributed by atoms with E-state index in [1.54, 1.807) is 6.07 Å². The van der Waals surface area contributed by atoms with Crippen LogP contribution in [0.2, 0.25) is 0 Å². The second kappa shape index (κ2) is 5.14. The van der Waals surface area contributed by atoms with Gasteiger partial charge >= 0.3 is 0 Å². The fourth-order valence-corrected chi connectivity index (χ4v) is 1.47. The van der Waals surface area contributed by atoms with Gasteiger partial charge in [-0.2, -0.15) is 0 Å². The van der Waals surface area contributed by atoms with E-state index in [2.05, 4.69) is 15.3 Å². The molecule has 5 heteroatoms. The number of benzene rings is 1. The largest absolute Gasteiger partial charge is 0.340 e. The van der Waals surface area contributed by atoms with Crippen LogP contribution in [0.25, 0.3) is 0 Å². The van der Waals surface area contributed by atoms with E-state index in [1.165, 1.54) is 6.33 Å². The van der Waals surface area contributed by atoms with Crippen molar-refractivity contribution in [3.63, 3.8) is 0 Å². The number of nitrogens with one attached hydrogen (secondary N) is 1. The van der Waals surface area contributed by atoms with E-state index in [4.69, 9.17) is 23.2 Å². The van der Waals surface area contributed by atoms with Gasteiger partial charge < -0.3 is 5.32 Å². The molecule has 0 bridgehead atoms. The summed E-state index contributed by atoms with van der Waals surface area (Å²) in [6.45, 7) is 0. The third-order valence-electron chi connectivity index (χ3n) is 1.96. The maximum absolute atomic E-state index is 5.73. The lowest BCUT2D eigenvalue weighted by molar-refractivity contribution is 1.07. The molecule has 1 aromatic heterocycles. The number of para-hydroxylation sites is 1. The van der Waals surface area contributed by atoms with Gasteiger partial charge in [0, 0.05) is 11.8 Å². The summed E-state index contributed by atoms with van der Waals surface area (Å²) >= 11 is 11.5. The minimum absolute atomic E-state index is 0.580. The van der Waals surface area contributed by atoms with Crippen LogP contribution in [0.15, 0.2) is 42.7 Å². The lowest BCUT2D eigenvalue weighted by atomic mass is 10.3. The molecule has 0 atom stereocenters. The highest BCUT2D eigenvalue weighted by Gasteiger charge is 2.06. The summed E-state index contributed by atoms with van der Waals surface area (Å²) in [4.78, 5) is 7.40. The molecule has 0 aliphatic carbocycles. The summed E-state index contributed by atoms with van der Waals surface area (Å²) in [7, 11) is 0. The highest BCUT2D eigenvalue weighted by atomic mass is 35.5. The third kappa shape index (κ3) is 2.84. The average Bonchev–Trinajstić information content (AvgIpc) is 2.30. The van der Waals surface area contributed by atoms with Crippen LogP contribution >= 0.6 is 23.2 Å². The molecule has 2 rings (SSSR count). The van der Waals surface area contributed by atoms with Gasteiger partial charge in [-0.3, -0.25) is 0 Å². The average molecular weight is 254 g/mol. The van der Waals surface area contributed by atoms with Gasteiger partial charge in [-0.25, -0.2) is 9.97 Å². The standard InChI is InChI=1S/C11H9Cl2N3/c12-11(13)9-6-10(15-7-14-9)16-8-4-2-1-3-5-8/h1-7,11H,(H,14,15,16). The lowest BCUT2D eigenvalue weighted by Gasteiger charge is -2.06. The van der Waals surface area contributed by atoms with E-state index in [0.717, 1.165) is 5.69 Å². The number of halogens is 2. The van der Waals surface area contributed by atoms with Crippen molar-refractivity contribution >= 4 is 34.7 Å². The molecule has 1 aromatic carbocycles. The molecule has 0 aliphatic rings. The van der Waals surface area contributed by atoms with Gasteiger partial charge in [0.2, 0.25) is 0 Å². The maximum atomic E-state index is 5.73. The summed E-state index contributed by atoms with van der Waals surface area (Å²) in [6, 6.07) is 11.4. The van der Waals surface area contributed by atoms with E-state index in [-0.39, 0.29) is 0 Å². The number of anilines is 2. The first-order chi connectivity index (χ1) is 7.75. The molecule has 0 aliphatic heterocycles. The van der Waals surface area contributed by atoms with Crippen LogP contribution in [0.1, 0.15) is 10.5 Å². The maximum Gasteiger partial charge on any atom is 0.149 e. The van der Waals surface area contributed by atoms with Crippen molar-refractivity contribution in [2.75, 3.05) is 5.32 Å². The Labute approximate surface area is 103 Å². The molecule has 16 heavy (non-hydrogen) atoms. The first kappa shape index (κ1) is 11.2. The number of nitrogens with zero attached hydrogens (tertiary/aromatic N) is 2. The Hall–Kier alpha value is -1.32. The lowest BCUT2D eigenvalue weighted by Crippen LogP contribution is -1.96. The van der Waals surface area contributed by atoms with Crippen LogP contribution < -0.4 is 5.32 Å². The molecule has 82 valence electrons. The Morgan fingerprint density at radius 3 is 2.50 bits per heavy atom. The smallest absolute Gasteiger partial charge is 0.149 e. The molecule has 0 radical (unpaired) electrons. The van der Waals surface area contributed by atoms with Gasteiger partial charge in [-0.15, -0.1) is 0 Å². The predicted molar refractivity (Wildman–Crippen MR) is 66.2 cm³/mol. The van der Waals surface area contributed by atoms with Crippen LogP contribution in [-0.4, -0.2) is 9.97 Å². The van der Waals surface area contributed by atoms with Crippen molar-refractivity contribution in [1.29, 1.82) is 0 Å². The Balaban J connectivity index is 2.19. The first-order valence-electron chi connectivity index (χ1n) is 4.68.